The van der Waals surface area contributed by atoms with E-state index in [0.29, 0.717) is 12.5 Å². The van der Waals surface area contributed by atoms with Gasteiger partial charge in [-0.15, -0.1) is 0 Å². The van der Waals surface area contributed by atoms with Gasteiger partial charge in [0.2, 0.25) is 5.91 Å². The standard InChI is InChI=1S/C16H24N2O2/c1-20-15-8-4-13(5-9-15)11-18-16(19)14-6-2-12(10-17)3-7-14/h4-5,8-9,12,14H,2-3,6-7,10-11,17H2,1H3,(H,18,19). The highest BCUT2D eigenvalue weighted by Gasteiger charge is 2.25. The second-order valence-corrected chi connectivity index (χ2v) is 5.52. The van der Waals surface area contributed by atoms with Gasteiger partial charge in [0.05, 0.1) is 7.11 Å². The molecule has 0 bridgehead atoms. The topological polar surface area (TPSA) is 64.3 Å². The molecule has 2 rings (SSSR count). The molecule has 0 atom stereocenters. The molecule has 1 fully saturated rings. The second kappa shape index (κ2) is 7.29. The highest BCUT2D eigenvalue weighted by molar-refractivity contribution is 5.78. The maximum absolute atomic E-state index is 12.1. The zero-order chi connectivity index (χ0) is 14.4. The molecule has 0 heterocycles. The van der Waals surface area contributed by atoms with Crippen LogP contribution in [0.25, 0.3) is 0 Å². The maximum atomic E-state index is 12.1. The van der Waals surface area contributed by atoms with Crippen LogP contribution in [-0.2, 0) is 11.3 Å². The average Bonchev–Trinajstić information content (AvgIpc) is 2.53. The zero-order valence-electron chi connectivity index (χ0n) is 12.1. The summed E-state index contributed by atoms with van der Waals surface area (Å²) in [5.41, 5.74) is 6.76. The van der Waals surface area contributed by atoms with Crippen LogP contribution in [0.5, 0.6) is 5.75 Å². The molecule has 110 valence electrons. The SMILES string of the molecule is COc1ccc(CNC(=O)C2CCC(CN)CC2)cc1. The number of nitrogens with one attached hydrogen (secondary N) is 1. The predicted octanol–water partition coefficient (Wildman–Crippen LogP) is 2.08. The first kappa shape index (κ1) is 14.9. The molecule has 4 heteroatoms. The van der Waals surface area contributed by atoms with Gasteiger partial charge in [0.25, 0.3) is 0 Å². The summed E-state index contributed by atoms with van der Waals surface area (Å²) in [6.07, 6.45) is 4.10. The summed E-state index contributed by atoms with van der Waals surface area (Å²) in [7, 11) is 1.65. The van der Waals surface area contributed by atoms with Gasteiger partial charge >= 0.3 is 0 Å². The van der Waals surface area contributed by atoms with Crippen LogP contribution in [0.3, 0.4) is 0 Å². The Kier molecular flexibility index (Phi) is 5.41. The molecule has 1 amide bonds. The fourth-order valence-electron chi connectivity index (χ4n) is 2.74. The molecule has 1 aliphatic carbocycles. The summed E-state index contributed by atoms with van der Waals surface area (Å²) in [6.45, 7) is 1.33. The van der Waals surface area contributed by atoms with Gasteiger partial charge in [0.1, 0.15) is 5.75 Å². The van der Waals surface area contributed by atoms with Crippen molar-refractivity contribution in [3.8, 4) is 5.75 Å². The molecule has 1 aromatic rings. The Morgan fingerprint density at radius 3 is 2.45 bits per heavy atom. The molecule has 0 unspecified atom stereocenters. The monoisotopic (exact) mass is 276 g/mol. The van der Waals surface area contributed by atoms with E-state index in [1.54, 1.807) is 7.11 Å². The summed E-state index contributed by atoms with van der Waals surface area (Å²) in [6, 6.07) is 7.77. The molecule has 0 radical (unpaired) electrons. The molecular formula is C16H24N2O2. The predicted molar refractivity (Wildman–Crippen MR) is 79.3 cm³/mol. The Labute approximate surface area is 120 Å². The number of carbonyl (C=O) groups is 1. The number of ether oxygens (including phenoxy) is 1. The average molecular weight is 276 g/mol. The molecule has 0 aliphatic heterocycles. The minimum atomic E-state index is 0.163. The van der Waals surface area contributed by atoms with Gasteiger partial charge in [-0.25, -0.2) is 0 Å². The first-order chi connectivity index (χ1) is 9.72. The Bertz CT molecular complexity index is 423. The largest absolute Gasteiger partial charge is 0.497 e. The second-order valence-electron chi connectivity index (χ2n) is 5.52. The lowest BCUT2D eigenvalue weighted by Crippen LogP contribution is -2.33. The van der Waals surface area contributed by atoms with Crippen molar-refractivity contribution in [1.29, 1.82) is 0 Å². The van der Waals surface area contributed by atoms with Crippen molar-refractivity contribution >= 4 is 5.91 Å². The van der Waals surface area contributed by atoms with Crippen LogP contribution in [0.15, 0.2) is 24.3 Å². The maximum Gasteiger partial charge on any atom is 0.223 e. The van der Waals surface area contributed by atoms with Crippen molar-refractivity contribution in [2.24, 2.45) is 17.6 Å². The van der Waals surface area contributed by atoms with E-state index in [2.05, 4.69) is 5.32 Å². The third kappa shape index (κ3) is 3.97. The van der Waals surface area contributed by atoms with E-state index in [0.717, 1.165) is 43.5 Å². The number of benzene rings is 1. The summed E-state index contributed by atoms with van der Waals surface area (Å²) < 4.78 is 5.11. The lowest BCUT2D eigenvalue weighted by Gasteiger charge is -2.26. The molecule has 1 aliphatic rings. The van der Waals surface area contributed by atoms with E-state index in [9.17, 15) is 4.79 Å². The van der Waals surface area contributed by atoms with Gasteiger partial charge in [0.15, 0.2) is 0 Å². The fourth-order valence-corrected chi connectivity index (χ4v) is 2.74. The van der Waals surface area contributed by atoms with Crippen LogP contribution in [0.1, 0.15) is 31.2 Å². The molecule has 4 nitrogen and oxygen atoms in total. The van der Waals surface area contributed by atoms with E-state index in [1.165, 1.54) is 0 Å². The number of methoxy groups -OCH3 is 1. The van der Waals surface area contributed by atoms with Crippen molar-refractivity contribution in [2.75, 3.05) is 13.7 Å². The Morgan fingerprint density at radius 1 is 1.25 bits per heavy atom. The van der Waals surface area contributed by atoms with Crippen LogP contribution in [-0.4, -0.2) is 19.6 Å². The molecule has 3 N–H and O–H groups in total. The lowest BCUT2D eigenvalue weighted by atomic mass is 9.81. The molecule has 1 aromatic carbocycles. The van der Waals surface area contributed by atoms with Crippen molar-refractivity contribution in [1.82, 2.24) is 5.32 Å². The van der Waals surface area contributed by atoms with E-state index in [-0.39, 0.29) is 11.8 Å². The zero-order valence-corrected chi connectivity index (χ0v) is 12.1. The minimum Gasteiger partial charge on any atom is -0.497 e. The first-order valence-electron chi connectivity index (χ1n) is 7.33. The highest BCUT2D eigenvalue weighted by atomic mass is 16.5. The smallest absolute Gasteiger partial charge is 0.223 e. The first-order valence-corrected chi connectivity index (χ1v) is 7.33. The van der Waals surface area contributed by atoms with Crippen molar-refractivity contribution in [2.45, 2.75) is 32.2 Å². The molecule has 20 heavy (non-hydrogen) atoms. The van der Waals surface area contributed by atoms with Crippen molar-refractivity contribution in [3.63, 3.8) is 0 Å². The van der Waals surface area contributed by atoms with E-state index in [1.807, 2.05) is 24.3 Å². The van der Waals surface area contributed by atoms with Crippen molar-refractivity contribution in [3.05, 3.63) is 29.8 Å². The number of amides is 1. The van der Waals surface area contributed by atoms with Crippen LogP contribution >= 0.6 is 0 Å². The number of hydrogen-bond donors (Lipinski definition) is 2. The normalized spacial score (nSPS) is 22.3. The highest BCUT2D eigenvalue weighted by Crippen LogP contribution is 2.28. The van der Waals surface area contributed by atoms with Gasteiger partial charge < -0.3 is 15.8 Å². The summed E-state index contributed by atoms with van der Waals surface area (Å²) in [5.74, 6) is 1.79. The molecule has 1 saturated carbocycles. The lowest BCUT2D eigenvalue weighted by molar-refractivity contribution is -0.126. The van der Waals surface area contributed by atoms with E-state index < -0.39 is 0 Å². The summed E-state index contributed by atoms with van der Waals surface area (Å²) in [5, 5.41) is 3.03. The third-order valence-electron chi connectivity index (χ3n) is 4.18. The molecule has 0 saturated heterocycles. The van der Waals surface area contributed by atoms with Crippen molar-refractivity contribution < 1.29 is 9.53 Å². The number of rotatable bonds is 5. The Hall–Kier alpha value is -1.55. The van der Waals surface area contributed by atoms with Gasteiger partial charge in [-0.05, 0) is 55.8 Å². The number of hydrogen-bond acceptors (Lipinski definition) is 3. The molecule has 0 spiro atoms. The minimum absolute atomic E-state index is 0.163. The fraction of sp³-hybridized carbons (Fsp3) is 0.562. The molecular weight excluding hydrogens is 252 g/mol. The summed E-state index contributed by atoms with van der Waals surface area (Å²) >= 11 is 0. The Balaban J connectivity index is 1.77. The van der Waals surface area contributed by atoms with Gasteiger partial charge in [-0.2, -0.15) is 0 Å². The number of carbonyl (C=O) groups excluding carboxylic acids is 1. The third-order valence-corrected chi connectivity index (χ3v) is 4.18. The molecule has 0 aromatic heterocycles. The van der Waals surface area contributed by atoms with E-state index in [4.69, 9.17) is 10.5 Å². The Morgan fingerprint density at radius 2 is 1.90 bits per heavy atom. The van der Waals surface area contributed by atoms with Crippen LogP contribution in [0.4, 0.5) is 0 Å². The van der Waals surface area contributed by atoms with Crippen LogP contribution in [0.2, 0.25) is 0 Å². The summed E-state index contributed by atoms with van der Waals surface area (Å²) in [4.78, 5) is 12.1. The van der Waals surface area contributed by atoms with Crippen LogP contribution in [0, 0.1) is 11.8 Å². The van der Waals surface area contributed by atoms with Gasteiger partial charge in [0, 0.05) is 12.5 Å². The van der Waals surface area contributed by atoms with E-state index >= 15 is 0 Å². The van der Waals surface area contributed by atoms with Crippen LogP contribution < -0.4 is 15.8 Å². The quantitative estimate of drug-likeness (QED) is 0.865. The number of nitrogens with two attached hydrogens (primary N) is 1. The van der Waals surface area contributed by atoms with Gasteiger partial charge in [-0.3, -0.25) is 4.79 Å². The van der Waals surface area contributed by atoms with Gasteiger partial charge in [-0.1, -0.05) is 12.1 Å².